The number of hydrogen-bond acceptors (Lipinski definition) is 4. The molecule has 3 aromatic carbocycles. The van der Waals surface area contributed by atoms with Crippen LogP contribution in [-0.4, -0.2) is 27.7 Å². The van der Waals surface area contributed by atoms with Crippen LogP contribution in [0.4, 0.5) is 0 Å². The molecular formula is C30H30N2O4. The highest BCUT2D eigenvalue weighted by molar-refractivity contribution is 5.93. The minimum Gasteiger partial charge on any atom is -0.497 e. The molecule has 1 aliphatic carbocycles. The first-order valence-electron chi connectivity index (χ1n) is 12.3. The number of ether oxygens (including phenoxy) is 2. The van der Waals surface area contributed by atoms with E-state index < -0.39 is 5.97 Å². The number of carbonyl (C=O) groups is 1. The summed E-state index contributed by atoms with van der Waals surface area (Å²) < 4.78 is 13.7. The van der Waals surface area contributed by atoms with E-state index in [0.717, 1.165) is 52.4 Å². The Morgan fingerprint density at radius 1 is 1.06 bits per heavy atom. The molecule has 1 N–H and O–H groups in total. The van der Waals surface area contributed by atoms with Crippen molar-refractivity contribution in [2.45, 2.75) is 44.8 Å². The van der Waals surface area contributed by atoms with Gasteiger partial charge >= 0.3 is 5.97 Å². The van der Waals surface area contributed by atoms with Crippen LogP contribution in [0.2, 0.25) is 0 Å². The van der Waals surface area contributed by atoms with Gasteiger partial charge in [-0.2, -0.15) is 0 Å². The Morgan fingerprint density at radius 3 is 2.50 bits per heavy atom. The fourth-order valence-corrected chi connectivity index (χ4v) is 5.04. The third kappa shape index (κ3) is 4.71. The number of aromatic carboxylic acids is 1. The van der Waals surface area contributed by atoms with Crippen LogP contribution in [-0.2, 0) is 6.61 Å². The Kier molecular flexibility index (Phi) is 6.76. The lowest BCUT2D eigenvalue weighted by Gasteiger charge is -2.25. The molecule has 1 fully saturated rings. The van der Waals surface area contributed by atoms with Crippen LogP contribution in [0.5, 0.6) is 11.5 Å². The zero-order valence-corrected chi connectivity index (χ0v) is 20.4. The highest BCUT2D eigenvalue weighted by Gasteiger charge is 2.23. The van der Waals surface area contributed by atoms with Crippen molar-refractivity contribution in [3.8, 4) is 22.9 Å². The predicted octanol–water partition coefficient (Wildman–Crippen LogP) is 7.14. The molecule has 1 saturated carbocycles. The van der Waals surface area contributed by atoms with Gasteiger partial charge in [0.15, 0.2) is 0 Å². The first-order valence-corrected chi connectivity index (χ1v) is 12.3. The highest BCUT2D eigenvalue weighted by atomic mass is 16.5. The van der Waals surface area contributed by atoms with Gasteiger partial charge in [-0.15, -0.1) is 0 Å². The first kappa shape index (κ1) is 23.7. The number of benzene rings is 3. The molecular weight excluding hydrogens is 452 g/mol. The maximum atomic E-state index is 11.5. The van der Waals surface area contributed by atoms with Crippen molar-refractivity contribution in [1.29, 1.82) is 0 Å². The van der Waals surface area contributed by atoms with Gasteiger partial charge in [-0.3, -0.25) is 0 Å². The molecule has 0 bridgehead atoms. The summed E-state index contributed by atoms with van der Waals surface area (Å²) in [6.45, 7) is 4.29. The molecule has 4 aromatic rings. The van der Waals surface area contributed by atoms with Gasteiger partial charge in [-0.05, 0) is 73.0 Å². The van der Waals surface area contributed by atoms with Crippen LogP contribution < -0.4 is 9.47 Å². The van der Waals surface area contributed by atoms with E-state index in [1.165, 1.54) is 19.3 Å². The number of carboxylic acids is 1. The van der Waals surface area contributed by atoms with E-state index in [2.05, 4.69) is 11.1 Å². The Labute approximate surface area is 210 Å². The summed E-state index contributed by atoms with van der Waals surface area (Å²) in [4.78, 5) is 16.4. The van der Waals surface area contributed by atoms with Crippen molar-refractivity contribution < 1.29 is 19.4 Å². The van der Waals surface area contributed by atoms with Crippen LogP contribution >= 0.6 is 0 Å². The van der Waals surface area contributed by atoms with Gasteiger partial charge in [-0.1, -0.05) is 38.0 Å². The van der Waals surface area contributed by atoms with E-state index >= 15 is 0 Å². The van der Waals surface area contributed by atoms with Gasteiger partial charge in [0.1, 0.15) is 23.9 Å². The van der Waals surface area contributed by atoms with Crippen LogP contribution in [0.25, 0.3) is 28.5 Å². The molecule has 6 heteroatoms. The summed E-state index contributed by atoms with van der Waals surface area (Å²) in [7, 11) is 1.65. The van der Waals surface area contributed by atoms with E-state index in [-0.39, 0.29) is 5.56 Å². The lowest BCUT2D eigenvalue weighted by Crippen LogP contribution is -2.14. The zero-order valence-electron chi connectivity index (χ0n) is 20.4. The molecule has 184 valence electrons. The minimum absolute atomic E-state index is 0.252. The van der Waals surface area contributed by atoms with Crippen molar-refractivity contribution in [2.24, 2.45) is 0 Å². The molecule has 6 nitrogen and oxygen atoms in total. The summed E-state index contributed by atoms with van der Waals surface area (Å²) in [6.07, 6.45) is 7.67. The summed E-state index contributed by atoms with van der Waals surface area (Å²) in [5, 5.41) is 9.45. The largest absolute Gasteiger partial charge is 0.497 e. The number of fused-ring (bicyclic) bond motifs is 1. The quantitative estimate of drug-likeness (QED) is 0.289. The van der Waals surface area contributed by atoms with Gasteiger partial charge in [-0.25, -0.2) is 9.78 Å². The Morgan fingerprint density at radius 2 is 1.81 bits per heavy atom. The standard InChI is InChI=1S/C30H30N2O4/c1-3-20-9-15-26(35-2)17-23(20)19-36-25-13-10-21(11-14-25)29-31-27-18-22(30(33)34)12-16-28(27)32(29)24-7-5-4-6-8-24/h3,9-18,24H,1,4-8,19H2,2H3,(H,33,34). The Balaban J connectivity index is 1.45. The molecule has 0 radical (unpaired) electrons. The van der Waals surface area contributed by atoms with Crippen LogP contribution in [0.15, 0.2) is 67.2 Å². The van der Waals surface area contributed by atoms with Gasteiger partial charge in [0, 0.05) is 17.2 Å². The van der Waals surface area contributed by atoms with Crippen molar-refractivity contribution >= 4 is 23.1 Å². The van der Waals surface area contributed by atoms with E-state index in [9.17, 15) is 9.90 Å². The van der Waals surface area contributed by atoms with Gasteiger partial charge in [0.25, 0.3) is 0 Å². The maximum absolute atomic E-state index is 11.5. The van der Waals surface area contributed by atoms with Crippen molar-refractivity contribution in [3.05, 3.63) is 83.9 Å². The average molecular weight is 483 g/mol. The Hall–Kier alpha value is -4.06. The van der Waals surface area contributed by atoms with E-state index in [1.54, 1.807) is 19.2 Å². The van der Waals surface area contributed by atoms with Crippen LogP contribution in [0.3, 0.4) is 0 Å². The van der Waals surface area contributed by atoms with Crippen molar-refractivity contribution in [1.82, 2.24) is 9.55 Å². The monoisotopic (exact) mass is 482 g/mol. The maximum Gasteiger partial charge on any atom is 0.335 e. The summed E-state index contributed by atoms with van der Waals surface area (Å²) >= 11 is 0. The molecule has 1 aliphatic rings. The lowest BCUT2D eigenvalue weighted by atomic mass is 9.95. The average Bonchev–Trinajstić information content (AvgIpc) is 3.31. The van der Waals surface area contributed by atoms with Gasteiger partial charge in [0.2, 0.25) is 0 Å². The van der Waals surface area contributed by atoms with E-state index in [0.29, 0.717) is 18.2 Å². The number of imidazole rings is 1. The third-order valence-corrected chi connectivity index (χ3v) is 6.95. The third-order valence-electron chi connectivity index (χ3n) is 6.95. The van der Waals surface area contributed by atoms with Gasteiger partial charge < -0.3 is 19.1 Å². The molecule has 5 rings (SSSR count). The molecule has 0 aliphatic heterocycles. The van der Waals surface area contributed by atoms with Crippen LogP contribution in [0.1, 0.15) is 59.6 Å². The smallest absolute Gasteiger partial charge is 0.335 e. The minimum atomic E-state index is -0.942. The fraction of sp³-hybridized carbons (Fsp3) is 0.267. The highest BCUT2D eigenvalue weighted by Crippen LogP contribution is 2.36. The molecule has 36 heavy (non-hydrogen) atoms. The second-order valence-electron chi connectivity index (χ2n) is 9.19. The molecule has 0 unspecified atom stereocenters. The first-order chi connectivity index (χ1) is 17.6. The molecule has 1 aromatic heterocycles. The molecule has 1 heterocycles. The van der Waals surface area contributed by atoms with Crippen molar-refractivity contribution in [2.75, 3.05) is 7.11 Å². The molecule has 0 amide bonds. The topological polar surface area (TPSA) is 73.6 Å². The second kappa shape index (κ2) is 10.3. The van der Waals surface area contributed by atoms with Gasteiger partial charge in [0.05, 0.1) is 23.7 Å². The molecule has 0 spiro atoms. The SMILES string of the molecule is C=Cc1ccc(OC)cc1COc1ccc(-c2nc3cc(C(=O)O)ccc3n2C2CCCCC2)cc1. The second-order valence-corrected chi connectivity index (χ2v) is 9.19. The van der Waals surface area contributed by atoms with Crippen molar-refractivity contribution in [3.63, 3.8) is 0 Å². The van der Waals surface area contributed by atoms with E-state index in [4.69, 9.17) is 14.5 Å². The number of nitrogens with zero attached hydrogens (tertiary/aromatic N) is 2. The summed E-state index contributed by atoms with van der Waals surface area (Å²) in [5.74, 6) is 1.46. The molecule has 0 atom stereocenters. The Bertz CT molecular complexity index is 1400. The number of rotatable bonds is 8. The number of hydrogen-bond donors (Lipinski definition) is 1. The summed E-state index contributed by atoms with van der Waals surface area (Å²) in [6, 6.07) is 19.4. The van der Waals surface area contributed by atoms with E-state index in [1.807, 2.05) is 54.6 Å². The van der Waals surface area contributed by atoms with Crippen LogP contribution in [0, 0.1) is 0 Å². The molecule has 0 saturated heterocycles. The number of carboxylic acid groups (broad SMARTS) is 1. The fourth-order valence-electron chi connectivity index (χ4n) is 5.04. The normalized spacial score (nSPS) is 14.0. The lowest BCUT2D eigenvalue weighted by molar-refractivity contribution is 0.0697. The number of methoxy groups -OCH3 is 1. The predicted molar refractivity (Wildman–Crippen MR) is 142 cm³/mol. The zero-order chi connectivity index (χ0) is 25.1. The number of aromatic nitrogens is 2. The summed E-state index contributed by atoms with van der Waals surface area (Å²) in [5.41, 5.74) is 4.94.